The Bertz CT molecular complexity index is 360. The second kappa shape index (κ2) is 6.51. The van der Waals surface area contributed by atoms with E-state index in [0.717, 1.165) is 13.1 Å². The van der Waals surface area contributed by atoms with Crippen LogP contribution in [0.1, 0.15) is 6.92 Å². The number of aromatic nitrogens is 2. The van der Waals surface area contributed by atoms with Gasteiger partial charge in [0.15, 0.2) is 0 Å². The maximum absolute atomic E-state index is 12.1. The summed E-state index contributed by atoms with van der Waals surface area (Å²) in [4.78, 5) is 13.9. The molecule has 1 aromatic heterocycles. The smallest absolute Gasteiger partial charge is 0.239 e. The molecule has 1 aromatic rings. The van der Waals surface area contributed by atoms with E-state index >= 15 is 0 Å². The molecule has 0 radical (unpaired) electrons. The highest BCUT2D eigenvalue weighted by atomic mass is 16.5. The van der Waals surface area contributed by atoms with Crippen molar-refractivity contribution < 1.29 is 9.53 Å². The van der Waals surface area contributed by atoms with Gasteiger partial charge in [-0.15, -0.1) is 0 Å². The number of carbonyl (C=O) groups is 1. The molecule has 1 N–H and O–H groups in total. The number of hydrogen-bond acceptors (Lipinski definition) is 4. The third-order valence-corrected chi connectivity index (χ3v) is 3.04. The predicted molar refractivity (Wildman–Crippen MR) is 67.1 cm³/mol. The molecule has 2 heterocycles. The van der Waals surface area contributed by atoms with Crippen molar-refractivity contribution >= 4 is 5.91 Å². The van der Waals surface area contributed by atoms with Crippen molar-refractivity contribution in [3.8, 4) is 0 Å². The Morgan fingerprint density at radius 2 is 2.28 bits per heavy atom. The molecule has 0 aliphatic carbocycles. The SMILES string of the molecule is CC(NCCn1cccn1)C(=O)N1CCOCC1. The lowest BCUT2D eigenvalue weighted by Crippen LogP contribution is -2.49. The Balaban J connectivity index is 1.70. The third-order valence-electron chi connectivity index (χ3n) is 3.04. The van der Waals surface area contributed by atoms with Gasteiger partial charge in [0.2, 0.25) is 5.91 Å². The minimum atomic E-state index is -0.154. The number of morpholine rings is 1. The maximum atomic E-state index is 12.1. The number of rotatable bonds is 5. The summed E-state index contributed by atoms with van der Waals surface area (Å²) in [6.07, 6.45) is 3.67. The Kier molecular flexibility index (Phi) is 4.72. The van der Waals surface area contributed by atoms with Gasteiger partial charge in [0, 0.05) is 32.0 Å². The topological polar surface area (TPSA) is 59.4 Å². The van der Waals surface area contributed by atoms with Gasteiger partial charge in [-0.25, -0.2) is 0 Å². The zero-order valence-corrected chi connectivity index (χ0v) is 10.7. The van der Waals surface area contributed by atoms with Gasteiger partial charge in [-0.2, -0.15) is 5.10 Å². The van der Waals surface area contributed by atoms with Gasteiger partial charge >= 0.3 is 0 Å². The fourth-order valence-corrected chi connectivity index (χ4v) is 1.97. The molecule has 2 rings (SSSR count). The molecule has 1 fully saturated rings. The first kappa shape index (κ1) is 13.0. The van der Waals surface area contributed by atoms with Crippen molar-refractivity contribution in [2.24, 2.45) is 0 Å². The van der Waals surface area contributed by atoms with Gasteiger partial charge in [-0.05, 0) is 13.0 Å². The van der Waals surface area contributed by atoms with Crippen LogP contribution in [0.25, 0.3) is 0 Å². The van der Waals surface area contributed by atoms with E-state index in [2.05, 4.69) is 10.4 Å². The molecule has 100 valence electrons. The zero-order chi connectivity index (χ0) is 12.8. The van der Waals surface area contributed by atoms with E-state index in [1.165, 1.54) is 0 Å². The largest absolute Gasteiger partial charge is 0.378 e. The van der Waals surface area contributed by atoms with E-state index in [0.29, 0.717) is 26.3 Å². The van der Waals surface area contributed by atoms with E-state index in [1.807, 2.05) is 28.8 Å². The summed E-state index contributed by atoms with van der Waals surface area (Å²) in [5.41, 5.74) is 0. The Hall–Kier alpha value is -1.40. The molecule has 1 amide bonds. The first-order valence-electron chi connectivity index (χ1n) is 6.35. The highest BCUT2D eigenvalue weighted by Crippen LogP contribution is 2.00. The van der Waals surface area contributed by atoms with Gasteiger partial charge in [-0.3, -0.25) is 9.48 Å². The molecule has 18 heavy (non-hydrogen) atoms. The van der Waals surface area contributed by atoms with E-state index in [9.17, 15) is 4.79 Å². The van der Waals surface area contributed by atoms with Crippen LogP contribution in [-0.4, -0.2) is 59.5 Å². The molecule has 1 aliphatic rings. The molecule has 1 saturated heterocycles. The van der Waals surface area contributed by atoms with Crippen molar-refractivity contribution in [2.45, 2.75) is 19.5 Å². The summed E-state index contributed by atoms with van der Waals surface area (Å²) >= 11 is 0. The third kappa shape index (κ3) is 3.54. The van der Waals surface area contributed by atoms with Crippen LogP contribution in [-0.2, 0) is 16.1 Å². The number of hydrogen-bond donors (Lipinski definition) is 1. The number of carbonyl (C=O) groups excluding carboxylic acids is 1. The van der Waals surface area contributed by atoms with E-state index in [4.69, 9.17) is 4.74 Å². The van der Waals surface area contributed by atoms with E-state index in [1.54, 1.807) is 6.20 Å². The molecular weight excluding hydrogens is 232 g/mol. The van der Waals surface area contributed by atoms with Crippen LogP contribution in [0.3, 0.4) is 0 Å². The van der Waals surface area contributed by atoms with E-state index < -0.39 is 0 Å². The molecule has 6 heteroatoms. The molecule has 0 spiro atoms. The standard InChI is InChI=1S/C12H20N4O2/c1-11(12(17)15-7-9-18-10-8-15)13-4-6-16-5-2-3-14-16/h2-3,5,11,13H,4,6-10H2,1H3. The molecule has 1 aliphatic heterocycles. The van der Waals surface area contributed by atoms with Crippen LogP contribution >= 0.6 is 0 Å². The summed E-state index contributed by atoms with van der Waals surface area (Å²) in [5, 5.41) is 7.34. The lowest BCUT2D eigenvalue weighted by Gasteiger charge is -2.29. The fourth-order valence-electron chi connectivity index (χ4n) is 1.97. The summed E-state index contributed by atoms with van der Waals surface area (Å²) in [6.45, 7) is 6.10. The second-order valence-electron chi connectivity index (χ2n) is 4.38. The Morgan fingerprint density at radius 3 is 2.94 bits per heavy atom. The number of nitrogens with one attached hydrogen (secondary N) is 1. The quantitative estimate of drug-likeness (QED) is 0.783. The van der Waals surface area contributed by atoms with Crippen LogP contribution in [0, 0.1) is 0 Å². The lowest BCUT2D eigenvalue weighted by atomic mass is 10.2. The maximum Gasteiger partial charge on any atom is 0.239 e. The molecule has 6 nitrogen and oxygen atoms in total. The molecule has 1 atom stereocenters. The minimum absolute atomic E-state index is 0.152. The summed E-state index contributed by atoms with van der Waals surface area (Å²) in [6, 6.07) is 1.74. The van der Waals surface area contributed by atoms with Crippen molar-refractivity contribution in [1.29, 1.82) is 0 Å². The summed E-state index contributed by atoms with van der Waals surface area (Å²) in [5.74, 6) is 0.152. The first-order chi connectivity index (χ1) is 8.77. The van der Waals surface area contributed by atoms with Crippen molar-refractivity contribution in [2.75, 3.05) is 32.8 Å². The Morgan fingerprint density at radius 1 is 1.50 bits per heavy atom. The zero-order valence-electron chi connectivity index (χ0n) is 10.7. The van der Waals surface area contributed by atoms with Crippen LogP contribution in [0.4, 0.5) is 0 Å². The van der Waals surface area contributed by atoms with Crippen molar-refractivity contribution in [3.05, 3.63) is 18.5 Å². The monoisotopic (exact) mass is 252 g/mol. The van der Waals surface area contributed by atoms with Crippen LogP contribution in [0.5, 0.6) is 0 Å². The Labute approximate surface area is 107 Å². The summed E-state index contributed by atoms with van der Waals surface area (Å²) < 4.78 is 7.08. The number of nitrogens with zero attached hydrogens (tertiary/aromatic N) is 3. The molecule has 0 bridgehead atoms. The average molecular weight is 252 g/mol. The number of ether oxygens (including phenoxy) is 1. The van der Waals surface area contributed by atoms with Gasteiger partial charge in [0.1, 0.15) is 0 Å². The van der Waals surface area contributed by atoms with Gasteiger partial charge < -0.3 is 15.0 Å². The molecule has 0 aromatic carbocycles. The minimum Gasteiger partial charge on any atom is -0.378 e. The normalized spacial score (nSPS) is 17.7. The first-order valence-corrected chi connectivity index (χ1v) is 6.35. The van der Waals surface area contributed by atoms with Crippen LogP contribution < -0.4 is 5.32 Å². The van der Waals surface area contributed by atoms with Gasteiger partial charge in [0.05, 0.1) is 25.8 Å². The van der Waals surface area contributed by atoms with Crippen molar-refractivity contribution in [3.63, 3.8) is 0 Å². The van der Waals surface area contributed by atoms with Gasteiger partial charge in [-0.1, -0.05) is 0 Å². The average Bonchev–Trinajstić information content (AvgIpc) is 2.92. The fraction of sp³-hybridized carbons (Fsp3) is 0.667. The summed E-state index contributed by atoms with van der Waals surface area (Å²) in [7, 11) is 0. The van der Waals surface area contributed by atoms with Crippen LogP contribution in [0.15, 0.2) is 18.5 Å². The second-order valence-corrected chi connectivity index (χ2v) is 4.38. The van der Waals surface area contributed by atoms with E-state index in [-0.39, 0.29) is 11.9 Å². The highest BCUT2D eigenvalue weighted by Gasteiger charge is 2.21. The van der Waals surface area contributed by atoms with Crippen LogP contribution in [0.2, 0.25) is 0 Å². The highest BCUT2D eigenvalue weighted by molar-refractivity contribution is 5.81. The van der Waals surface area contributed by atoms with Gasteiger partial charge in [0.25, 0.3) is 0 Å². The number of amides is 1. The predicted octanol–water partition coefficient (Wildman–Crippen LogP) is -0.280. The lowest BCUT2D eigenvalue weighted by molar-refractivity contribution is -0.137. The molecular formula is C12H20N4O2. The van der Waals surface area contributed by atoms with Crippen molar-refractivity contribution in [1.82, 2.24) is 20.0 Å². The molecule has 1 unspecified atom stereocenters. The molecule has 0 saturated carbocycles.